The van der Waals surface area contributed by atoms with Crippen molar-refractivity contribution in [2.75, 3.05) is 19.8 Å². The molecule has 0 aromatic rings. The average Bonchev–Trinajstić information content (AvgIpc) is 2.96. The summed E-state index contributed by atoms with van der Waals surface area (Å²) in [6, 6.07) is -0.351. The van der Waals surface area contributed by atoms with Gasteiger partial charge in [-0.05, 0) is 26.2 Å². The van der Waals surface area contributed by atoms with E-state index in [1.54, 1.807) is 0 Å². The Labute approximate surface area is 120 Å². The van der Waals surface area contributed by atoms with Crippen molar-refractivity contribution >= 4 is 11.8 Å². The molecule has 0 radical (unpaired) electrons. The summed E-state index contributed by atoms with van der Waals surface area (Å²) < 4.78 is 5.39. The second-order valence-electron chi connectivity index (χ2n) is 6.50. The molecule has 5 nitrogen and oxygen atoms in total. The highest BCUT2D eigenvalue weighted by molar-refractivity contribution is 5.99. The average molecular weight is 280 g/mol. The second kappa shape index (κ2) is 5.35. The van der Waals surface area contributed by atoms with E-state index in [0.29, 0.717) is 19.1 Å². The van der Waals surface area contributed by atoms with Gasteiger partial charge in [0.1, 0.15) is 11.6 Å². The molecule has 2 aliphatic heterocycles. The monoisotopic (exact) mass is 280 g/mol. The van der Waals surface area contributed by atoms with Gasteiger partial charge < -0.3 is 15.0 Å². The van der Waals surface area contributed by atoms with Gasteiger partial charge in [0.2, 0.25) is 11.8 Å². The Kier molecular flexibility index (Phi) is 3.71. The first-order chi connectivity index (χ1) is 9.62. The van der Waals surface area contributed by atoms with E-state index in [2.05, 4.69) is 5.32 Å². The number of rotatable bonds is 2. The molecule has 0 aromatic carbocycles. The third-order valence-electron chi connectivity index (χ3n) is 5.07. The summed E-state index contributed by atoms with van der Waals surface area (Å²) in [6.07, 6.45) is 5.80. The molecule has 1 N–H and O–H groups in total. The zero-order chi connectivity index (χ0) is 14.2. The van der Waals surface area contributed by atoms with Crippen LogP contribution in [0.5, 0.6) is 0 Å². The normalized spacial score (nSPS) is 33.5. The smallest absolute Gasteiger partial charge is 0.249 e. The Balaban J connectivity index is 1.78. The van der Waals surface area contributed by atoms with Crippen LogP contribution in [-0.2, 0) is 14.3 Å². The van der Waals surface area contributed by atoms with E-state index < -0.39 is 5.54 Å². The molecule has 2 heterocycles. The Hall–Kier alpha value is -1.10. The van der Waals surface area contributed by atoms with E-state index in [1.165, 1.54) is 0 Å². The first-order valence-corrected chi connectivity index (χ1v) is 7.83. The van der Waals surface area contributed by atoms with Crippen LogP contribution < -0.4 is 5.32 Å². The summed E-state index contributed by atoms with van der Waals surface area (Å²) >= 11 is 0. The lowest BCUT2D eigenvalue weighted by Gasteiger charge is -2.47. The molecule has 1 saturated carbocycles. The van der Waals surface area contributed by atoms with Crippen molar-refractivity contribution in [2.45, 2.75) is 57.0 Å². The van der Waals surface area contributed by atoms with E-state index in [-0.39, 0.29) is 17.9 Å². The molecule has 0 aromatic heterocycles. The number of hydrogen-bond acceptors (Lipinski definition) is 3. The summed E-state index contributed by atoms with van der Waals surface area (Å²) in [7, 11) is 0. The fourth-order valence-corrected chi connectivity index (χ4v) is 3.73. The molecule has 1 spiro atoms. The van der Waals surface area contributed by atoms with E-state index in [1.807, 2.05) is 11.8 Å². The number of nitrogens with one attached hydrogen (secondary N) is 1. The minimum atomic E-state index is -0.610. The fourth-order valence-electron chi connectivity index (χ4n) is 3.73. The third-order valence-corrected chi connectivity index (χ3v) is 5.07. The van der Waals surface area contributed by atoms with Gasteiger partial charge in [-0.25, -0.2) is 0 Å². The van der Waals surface area contributed by atoms with Crippen molar-refractivity contribution in [2.24, 2.45) is 5.92 Å². The van der Waals surface area contributed by atoms with Crippen LogP contribution in [0, 0.1) is 5.92 Å². The van der Waals surface area contributed by atoms with Crippen LogP contribution in [0.1, 0.15) is 45.4 Å². The number of hydrogen-bond donors (Lipinski definition) is 1. The number of piperazine rings is 1. The number of nitrogens with zero attached hydrogens (tertiary/aromatic N) is 1. The molecule has 2 saturated heterocycles. The molecule has 3 fully saturated rings. The van der Waals surface area contributed by atoms with E-state index >= 15 is 0 Å². The largest absolute Gasteiger partial charge is 0.381 e. The van der Waals surface area contributed by atoms with Gasteiger partial charge in [0.05, 0.1) is 6.61 Å². The molecule has 2 unspecified atom stereocenters. The van der Waals surface area contributed by atoms with Gasteiger partial charge in [-0.2, -0.15) is 0 Å². The van der Waals surface area contributed by atoms with Crippen LogP contribution in [0.25, 0.3) is 0 Å². The molecular formula is C15H24N2O3. The SMILES string of the molecule is CC1C(=O)NC2(CCCCC2)C(=O)N1CC1CCOC1. The molecule has 1 aliphatic carbocycles. The first-order valence-electron chi connectivity index (χ1n) is 7.83. The molecule has 2 atom stereocenters. The summed E-state index contributed by atoms with van der Waals surface area (Å²) in [6.45, 7) is 3.98. The van der Waals surface area contributed by atoms with Crippen molar-refractivity contribution in [3.63, 3.8) is 0 Å². The topological polar surface area (TPSA) is 58.6 Å². The number of amides is 2. The fraction of sp³-hybridized carbons (Fsp3) is 0.867. The molecule has 5 heteroatoms. The van der Waals surface area contributed by atoms with E-state index in [4.69, 9.17) is 4.74 Å². The summed E-state index contributed by atoms with van der Waals surface area (Å²) in [5.41, 5.74) is -0.610. The van der Waals surface area contributed by atoms with Crippen molar-refractivity contribution in [3.05, 3.63) is 0 Å². The second-order valence-corrected chi connectivity index (χ2v) is 6.50. The predicted octanol–water partition coefficient (Wildman–Crippen LogP) is 1.07. The Morgan fingerprint density at radius 1 is 1.30 bits per heavy atom. The number of ether oxygens (including phenoxy) is 1. The van der Waals surface area contributed by atoms with Crippen LogP contribution in [-0.4, -0.2) is 48.1 Å². The third kappa shape index (κ3) is 2.32. The van der Waals surface area contributed by atoms with Crippen LogP contribution >= 0.6 is 0 Å². The zero-order valence-corrected chi connectivity index (χ0v) is 12.2. The zero-order valence-electron chi connectivity index (χ0n) is 12.2. The van der Waals surface area contributed by atoms with Crippen LogP contribution in [0.3, 0.4) is 0 Å². The minimum Gasteiger partial charge on any atom is -0.381 e. The highest BCUT2D eigenvalue weighted by Crippen LogP contribution is 2.34. The summed E-state index contributed by atoms with van der Waals surface area (Å²) in [5.74, 6) is 0.523. The van der Waals surface area contributed by atoms with Crippen LogP contribution in [0.15, 0.2) is 0 Å². The van der Waals surface area contributed by atoms with E-state index in [9.17, 15) is 9.59 Å². The molecular weight excluding hydrogens is 256 g/mol. The molecule has 3 rings (SSSR count). The lowest BCUT2D eigenvalue weighted by molar-refractivity contribution is -0.156. The van der Waals surface area contributed by atoms with Crippen molar-refractivity contribution in [1.29, 1.82) is 0 Å². The lowest BCUT2D eigenvalue weighted by atomic mass is 9.78. The van der Waals surface area contributed by atoms with Gasteiger partial charge in [0, 0.05) is 19.1 Å². The lowest BCUT2D eigenvalue weighted by Crippen LogP contribution is -2.70. The summed E-state index contributed by atoms with van der Waals surface area (Å²) in [4.78, 5) is 27.0. The molecule has 0 bridgehead atoms. The maximum atomic E-state index is 12.9. The number of carbonyl (C=O) groups excluding carboxylic acids is 2. The predicted molar refractivity (Wildman–Crippen MR) is 74.1 cm³/mol. The standard InChI is InChI=1S/C15H24N2O3/c1-11-13(18)16-15(6-3-2-4-7-15)14(19)17(11)9-12-5-8-20-10-12/h11-12H,2-10H2,1H3,(H,16,18). The Morgan fingerprint density at radius 3 is 2.70 bits per heavy atom. The highest BCUT2D eigenvalue weighted by atomic mass is 16.5. The van der Waals surface area contributed by atoms with Crippen LogP contribution in [0.4, 0.5) is 0 Å². The van der Waals surface area contributed by atoms with Crippen molar-refractivity contribution in [3.8, 4) is 0 Å². The van der Waals surface area contributed by atoms with Gasteiger partial charge in [0.15, 0.2) is 0 Å². The van der Waals surface area contributed by atoms with Crippen molar-refractivity contribution < 1.29 is 14.3 Å². The Bertz CT molecular complexity index is 398. The Morgan fingerprint density at radius 2 is 2.05 bits per heavy atom. The van der Waals surface area contributed by atoms with Gasteiger partial charge in [-0.3, -0.25) is 9.59 Å². The molecule has 20 heavy (non-hydrogen) atoms. The van der Waals surface area contributed by atoms with Crippen LogP contribution in [0.2, 0.25) is 0 Å². The van der Waals surface area contributed by atoms with E-state index in [0.717, 1.165) is 45.1 Å². The minimum absolute atomic E-state index is 0.00501. The number of carbonyl (C=O) groups is 2. The van der Waals surface area contributed by atoms with Crippen molar-refractivity contribution in [1.82, 2.24) is 10.2 Å². The van der Waals surface area contributed by atoms with Gasteiger partial charge >= 0.3 is 0 Å². The quantitative estimate of drug-likeness (QED) is 0.823. The maximum Gasteiger partial charge on any atom is 0.249 e. The highest BCUT2D eigenvalue weighted by Gasteiger charge is 2.50. The maximum absolute atomic E-state index is 12.9. The molecule has 3 aliphatic rings. The van der Waals surface area contributed by atoms with Gasteiger partial charge in [-0.15, -0.1) is 0 Å². The van der Waals surface area contributed by atoms with Gasteiger partial charge in [0.25, 0.3) is 0 Å². The first kappa shape index (κ1) is 13.9. The molecule has 112 valence electrons. The molecule has 2 amide bonds. The summed E-state index contributed by atoms with van der Waals surface area (Å²) in [5, 5.41) is 3.02. The van der Waals surface area contributed by atoms with Gasteiger partial charge in [-0.1, -0.05) is 19.3 Å².